The number of hydrogen-bond acceptors (Lipinski definition) is 1. The van der Waals surface area contributed by atoms with Crippen LogP contribution in [0.3, 0.4) is 0 Å². The molecule has 0 radical (unpaired) electrons. The van der Waals surface area contributed by atoms with Gasteiger partial charge in [0, 0.05) is 10.8 Å². The van der Waals surface area contributed by atoms with Gasteiger partial charge in [0.25, 0.3) is 0 Å². The van der Waals surface area contributed by atoms with Crippen molar-refractivity contribution < 1.29 is 21.1 Å². The zero-order valence-electron chi connectivity index (χ0n) is 9.20. The average Bonchev–Trinajstić information content (AvgIpc) is 2.42. The van der Waals surface area contributed by atoms with Gasteiger partial charge < -0.3 is 4.74 Å². The maximum absolute atomic E-state index is 5.78. The molecule has 0 saturated carbocycles. The number of benzene rings is 2. The van der Waals surface area contributed by atoms with Gasteiger partial charge in [0.05, 0.1) is 0 Å². The van der Waals surface area contributed by atoms with Gasteiger partial charge in [0.1, 0.15) is 6.61 Å². The molecule has 2 rings (SSSR count). The molecule has 0 spiro atoms. The van der Waals surface area contributed by atoms with Gasteiger partial charge in [0.2, 0.25) is 0 Å². The van der Waals surface area contributed by atoms with E-state index in [9.17, 15) is 0 Å². The van der Waals surface area contributed by atoms with Gasteiger partial charge >= 0.3 is 30.0 Å². The van der Waals surface area contributed by atoms with Crippen LogP contribution in [0.2, 0.25) is 5.02 Å². The quantitative estimate of drug-likeness (QED) is 0.574. The van der Waals surface area contributed by atoms with Crippen molar-refractivity contribution in [3.8, 4) is 5.75 Å². The molecule has 0 N–H and O–H groups in total. The van der Waals surface area contributed by atoms with Gasteiger partial charge in [0.15, 0.2) is 0 Å². The van der Waals surface area contributed by atoms with Crippen molar-refractivity contribution in [2.45, 2.75) is 6.61 Å². The fourth-order valence-electron chi connectivity index (χ4n) is 1.21. The van der Waals surface area contributed by atoms with Gasteiger partial charge in [-0.15, -0.1) is 12.1 Å². The van der Waals surface area contributed by atoms with Crippen LogP contribution in [0.5, 0.6) is 5.75 Å². The number of ether oxygens (including phenoxy) is 1. The molecule has 0 heterocycles. The van der Waals surface area contributed by atoms with Gasteiger partial charge in [-0.05, 0) is 17.7 Å². The Labute approximate surface area is 123 Å². The summed E-state index contributed by atoms with van der Waals surface area (Å²) in [5.41, 5.74) is 1.09. The first-order chi connectivity index (χ1) is 8.34. The second kappa shape index (κ2) is 8.68. The van der Waals surface area contributed by atoms with E-state index in [0.717, 1.165) is 16.3 Å². The van der Waals surface area contributed by atoms with E-state index in [1.165, 1.54) is 16.3 Å². The Bertz CT molecular complexity index is 419. The first-order valence-electron chi connectivity index (χ1n) is 4.95. The summed E-state index contributed by atoms with van der Waals surface area (Å²) >= 11 is 10.0. The summed E-state index contributed by atoms with van der Waals surface area (Å²) in [5, 5.41) is 0.741. The van der Waals surface area contributed by atoms with Gasteiger partial charge in [-0.25, -0.2) is 0 Å². The molecular formula is C13H10BrClOZn. The van der Waals surface area contributed by atoms with Crippen molar-refractivity contribution in [1.29, 1.82) is 0 Å². The molecule has 84 valence electrons. The Balaban J connectivity index is 0.000000686. The third kappa shape index (κ3) is 5.67. The Hall–Kier alpha value is -0.367. The summed E-state index contributed by atoms with van der Waals surface area (Å²) in [5.74, 6) is 0.757. The molecule has 0 aliphatic rings. The van der Waals surface area contributed by atoms with E-state index < -0.39 is 0 Å². The van der Waals surface area contributed by atoms with Crippen LogP contribution in [0.15, 0.2) is 48.5 Å². The van der Waals surface area contributed by atoms with E-state index in [-0.39, 0.29) is 0 Å². The van der Waals surface area contributed by atoms with Crippen LogP contribution in [0, 0.1) is 6.07 Å². The van der Waals surface area contributed by atoms with E-state index in [4.69, 9.17) is 16.3 Å². The normalized spacial score (nSPS) is 9.18. The number of halogens is 2. The Kier molecular flexibility index (Phi) is 7.51. The topological polar surface area (TPSA) is 9.23 Å². The van der Waals surface area contributed by atoms with Crippen LogP contribution in [-0.4, -0.2) is 0 Å². The Morgan fingerprint density at radius 3 is 2.41 bits per heavy atom. The molecule has 0 bridgehead atoms. The summed E-state index contributed by atoms with van der Waals surface area (Å²) < 4.78 is 5.53. The van der Waals surface area contributed by atoms with Gasteiger partial charge in [-0.1, -0.05) is 23.7 Å². The summed E-state index contributed by atoms with van der Waals surface area (Å²) in [7, 11) is 0. The van der Waals surface area contributed by atoms with E-state index >= 15 is 0 Å². The number of hydrogen-bond donors (Lipinski definition) is 0. The van der Waals surface area contributed by atoms with Gasteiger partial charge in [-0.2, -0.15) is 18.2 Å². The molecule has 0 saturated heterocycles. The molecule has 17 heavy (non-hydrogen) atoms. The summed E-state index contributed by atoms with van der Waals surface area (Å²) in [6, 6.07) is 18.2. The second-order valence-electron chi connectivity index (χ2n) is 3.14. The summed E-state index contributed by atoms with van der Waals surface area (Å²) in [6.07, 6.45) is 0. The van der Waals surface area contributed by atoms with Crippen LogP contribution in [0.25, 0.3) is 0 Å². The first kappa shape index (κ1) is 14.7. The zero-order chi connectivity index (χ0) is 12.5. The summed E-state index contributed by atoms with van der Waals surface area (Å²) in [4.78, 5) is 0. The Morgan fingerprint density at radius 1 is 1.12 bits per heavy atom. The third-order valence-corrected chi connectivity index (χ3v) is 2.24. The molecule has 1 nitrogen and oxygen atoms in total. The minimum atomic E-state index is 0.539. The minimum absolute atomic E-state index is 0.539. The van der Waals surface area contributed by atoms with E-state index in [1.807, 2.05) is 48.5 Å². The number of para-hydroxylation sites is 1. The maximum atomic E-state index is 5.78. The van der Waals surface area contributed by atoms with Crippen molar-refractivity contribution in [3.05, 3.63) is 65.2 Å². The number of rotatable bonds is 3. The molecule has 2 aromatic carbocycles. The second-order valence-corrected chi connectivity index (χ2v) is 3.58. The molecule has 4 heteroatoms. The predicted octanol–water partition coefficient (Wildman–Crippen LogP) is 4.56. The molecule has 0 unspecified atom stereocenters. The van der Waals surface area contributed by atoms with Crippen LogP contribution in [0.4, 0.5) is 0 Å². The van der Waals surface area contributed by atoms with Crippen molar-refractivity contribution in [3.63, 3.8) is 0 Å². The monoisotopic (exact) mass is 360 g/mol. The van der Waals surface area contributed by atoms with Gasteiger partial charge in [-0.3, -0.25) is 0 Å². The standard InChI is InChI=1S/C13H10ClO.BrH.Zn/c14-12-8-6-11(7-9-12)10-15-13-4-2-1-3-5-13;;/h1-4,6-9H,10H2;1H;/q-1;;+2/p-1. The fourth-order valence-corrected chi connectivity index (χ4v) is 1.33. The van der Waals surface area contributed by atoms with Crippen LogP contribution >= 0.6 is 25.2 Å². The molecule has 0 aliphatic heterocycles. The van der Waals surface area contributed by atoms with E-state index in [2.05, 4.69) is 19.7 Å². The molecule has 0 aromatic heterocycles. The third-order valence-electron chi connectivity index (χ3n) is 1.99. The predicted molar refractivity (Wildman–Crippen MR) is 70.0 cm³/mol. The van der Waals surface area contributed by atoms with Crippen LogP contribution in [0.1, 0.15) is 5.56 Å². The average molecular weight is 363 g/mol. The van der Waals surface area contributed by atoms with Crippen molar-refractivity contribution in [2.24, 2.45) is 0 Å². The SMILES string of the molecule is Clc1ccc(COc2[c-]cccc2)cc1.[Zn+][Br]. The van der Waals surface area contributed by atoms with E-state index in [1.54, 1.807) is 0 Å². The fraction of sp³-hybridized carbons (Fsp3) is 0.0769. The molecular weight excluding hydrogens is 353 g/mol. The van der Waals surface area contributed by atoms with Crippen molar-refractivity contribution in [2.75, 3.05) is 0 Å². The molecule has 0 fully saturated rings. The molecule has 2 aromatic rings. The zero-order valence-corrected chi connectivity index (χ0v) is 14.5. The Morgan fingerprint density at radius 2 is 1.82 bits per heavy atom. The van der Waals surface area contributed by atoms with Crippen LogP contribution in [-0.2, 0) is 22.9 Å². The van der Waals surface area contributed by atoms with Crippen molar-refractivity contribution >= 4 is 25.2 Å². The van der Waals surface area contributed by atoms with Crippen LogP contribution < -0.4 is 4.74 Å². The molecule has 0 aliphatic carbocycles. The van der Waals surface area contributed by atoms with Crippen molar-refractivity contribution in [1.82, 2.24) is 0 Å². The molecule has 0 atom stereocenters. The molecule has 0 amide bonds. The van der Waals surface area contributed by atoms with E-state index in [0.29, 0.717) is 6.61 Å². The summed E-state index contributed by atoms with van der Waals surface area (Å²) in [6.45, 7) is 0.539. The first-order valence-corrected chi connectivity index (χ1v) is 12.3.